The Morgan fingerprint density at radius 1 is 1.33 bits per heavy atom. The van der Waals surface area contributed by atoms with Crippen LogP contribution in [-0.2, 0) is 21.3 Å². The lowest BCUT2D eigenvalue weighted by Crippen LogP contribution is -2.34. The summed E-state index contributed by atoms with van der Waals surface area (Å²) in [6.45, 7) is 9.31. The van der Waals surface area contributed by atoms with Crippen molar-refractivity contribution in [3.8, 4) is 0 Å². The molecule has 0 saturated carbocycles. The van der Waals surface area contributed by atoms with Crippen molar-refractivity contribution in [2.24, 2.45) is 5.92 Å². The van der Waals surface area contributed by atoms with Crippen LogP contribution in [0.3, 0.4) is 0 Å². The molecule has 7 heteroatoms. The second kappa shape index (κ2) is 7.40. The van der Waals surface area contributed by atoms with Crippen molar-refractivity contribution in [1.82, 2.24) is 10.0 Å². The molecule has 0 aliphatic rings. The first-order valence-corrected chi connectivity index (χ1v) is 8.45. The summed E-state index contributed by atoms with van der Waals surface area (Å²) in [5.41, 5.74) is -0.0559. The summed E-state index contributed by atoms with van der Waals surface area (Å²) in [7, 11) is -2.02. The summed E-state index contributed by atoms with van der Waals surface area (Å²) in [5.74, 6) is 0.692. The van der Waals surface area contributed by atoms with Crippen LogP contribution in [0.4, 0.5) is 0 Å². The van der Waals surface area contributed by atoms with Crippen molar-refractivity contribution in [3.05, 3.63) is 17.9 Å². The average Bonchev–Trinajstić information content (AvgIpc) is 2.83. The zero-order valence-corrected chi connectivity index (χ0v) is 14.2. The van der Waals surface area contributed by atoms with E-state index in [0.717, 1.165) is 0 Å². The van der Waals surface area contributed by atoms with Gasteiger partial charge >= 0.3 is 0 Å². The maximum absolute atomic E-state index is 12.1. The Balaban J connectivity index is 2.62. The Labute approximate surface area is 127 Å². The minimum absolute atomic E-state index is 0.0559. The van der Waals surface area contributed by atoms with Gasteiger partial charge in [0.1, 0.15) is 5.76 Å². The van der Waals surface area contributed by atoms with Crippen LogP contribution in [0.1, 0.15) is 33.5 Å². The summed E-state index contributed by atoms with van der Waals surface area (Å²) in [5, 5.41) is 3.19. The summed E-state index contributed by atoms with van der Waals surface area (Å²) in [6, 6.07) is 3.15. The molecule has 1 atom stereocenters. The molecule has 0 bridgehead atoms. The van der Waals surface area contributed by atoms with E-state index in [-0.39, 0.29) is 16.5 Å². The highest BCUT2D eigenvalue weighted by Crippen LogP contribution is 2.15. The fourth-order valence-electron chi connectivity index (χ4n) is 1.62. The molecule has 122 valence electrons. The molecule has 0 aliphatic heterocycles. The van der Waals surface area contributed by atoms with E-state index in [1.165, 1.54) is 6.07 Å². The van der Waals surface area contributed by atoms with Gasteiger partial charge in [-0.05, 0) is 38.8 Å². The predicted molar refractivity (Wildman–Crippen MR) is 81.5 cm³/mol. The van der Waals surface area contributed by atoms with Crippen molar-refractivity contribution in [2.75, 3.05) is 20.3 Å². The maximum Gasteiger partial charge on any atom is 0.273 e. The fourth-order valence-corrected chi connectivity index (χ4v) is 2.73. The lowest BCUT2D eigenvalue weighted by molar-refractivity contribution is 0.161. The van der Waals surface area contributed by atoms with Crippen LogP contribution in [0.15, 0.2) is 21.6 Å². The molecule has 0 aliphatic carbocycles. The molecule has 1 aromatic heterocycles. The largest absolute Gasteiger partial charge is 0.447 e. The van der Waals surface area contributed by atoms with Crippen LogP contribution in [0.2, 0.25) is 0 Å². The van der Waals surface area contributed by atoms with E-state index in [9.17, 15) is 8.42 Å². The third-order valence-electron chi connectivity index (χ3n) is 2.77. The number of ether oxygens (including phenoxy) is 1. The summed E-state index contributed by atoms with van der Waals surface area (Å²) >= 11 is 0. The highest BCUT2D eigenvalue weighted by molar-refractivity contribution is 7.89. The van der Waals surface area contributed by atoms with Crippen LogP contribution in [0, 0.1) is 5.92 Å². The number of rotatable bonds is 8. The summed E-state index contributed by atoms with van der Waals surface area (Å²) in [6.07, 6.45) is 0. The Bertz CT molecular complexity index is 531. The first-order chi connectivity index (χ1) is 9.64. The lowest BCUT2D eigenvalue weighted by Gasteiger charge is -2.19. The topological polar surface area (TPSA) is 80.6 Å². The normalized spacial score (nSPS) is 14.3. The molecule has 0 amide bonds. The number of hydrogen-bond acceptors (Lipinski definition) is 5. The smallest absolute Gasteiger partial charge is 0.273 e. The Morgan fingerprint density at radius 2 is 2.00 bits per heavy atom. The van der Waals surface area contributed by atoms with Crippen molar-refractivity contribution in [2.45, 2.75) is 44.9 Å². The molecule has 6 nitrogen and oxygen atoms in total. The van der Waals surface area contributed by atoms with Crippen molar-refractivity contribution in [1.29, 1.82) is 0 Å². The first kappa shape index (κ1) is 18.2. The van der Waals surface area contributed by atoms with Crippen LogP contribution in [0.5, 0.6) is 0 Å². The number of sulfonamides is 1. The molecule has 0 saturated heterocycles. The molecule has 1 heterocycles. The molecule has 21 heavy (non-hydrogen) atoms. The molecule has 2 N–H and O–H groups in total. The van der Waals surface area contributed by atoms with Gasteiger partial charge in [0.2, 0.25) is 5.09 Å². The van der Waals surface area contributed by atoms with E-state index < -0.39 is 10.0 Å². The molecule has 0 radical (unpaired) electrons. The highest BCUT2D eigenvalue weighted by Gasteiger charge is 2.20. The highest BCUT2D eigenvalue weighted by atomic mass is 32.2. The molecule has 0 fully saturated rings. The minimum Gasteiger partial charge on any atom is -0.447 e. The van der Waals surface area contributed by atoms with Gasteiger partial charge in [-0.25, -0.2) is 13.1 Å². The SMILES string of the molecule is COCC(C)CNS(=O)(=O)c1ccc(CNC(C)(C)C)o1. The quantitative estimate of drug-likeness (QED) is 0.763. The van der Waals surface area contributed by atoms with E-state index in [4.69, 9.17) is 9.15 Å². The van der Waals surface area contributed by atoms with Crippen LogP contribution in [-0.4, -0.2) is 34.2 Å². The summed E-state index contributed by atoms with van der Waals surface area (Å²) < 4.78 is 37.1. The molecule has 1 unspecified atom stereocenters. The monoisotopic (exact) mass is 318 g/mol. The molecular weight excluding hydrogens is 292 g/mol. The average molecular weight is 318 g/mol. The van der Waals surface area contributed by atoms with Crippen LogP contribution >= 0.6 is 0 Å². The van der Waals surface area contributed by atoms with E-state index in [1.54, 1.807) is 13.2 Å². The molecule has 0 spiro atoms. The Hall–Kier alpha value is -0.890. The van der Waals surface area contributed by atoms with Crippen LogP contribution < -0.4 is 10.0 Å². The third kappa shape index (κ3) is 6.60. The predicted octanol–water partition coefficient (Wildman–Crippen LogP) is 1.73. The molecular formula is C14H26N2O4S. The maximum atomic E-state index is 12.1. The van der Waals surface area contributed by atoms with Gasteiger partial charge in [0, 0.05) is 25.8 Å². The van der Waals surface area contributed by atoms with Gasteiger partial charge in [-0.15, -0.1) is 0 Å². The van der Waals surface area contributed by atoms with Gasteiger partial charge in [-0.1, -0.05) is 6.92 Å². The van der Waals surface area contributed by atoms with Gasteiger partial charge in [0.25, 0.3) is 10.0 Å². The second-order valence-electron chi connectivity index (χ2n) is 6.24. The number of hydrogen-bond donors (Lipinski definition) is 2. The van der Waals surface area contributed by atoms with Gasteiger partial charge in [-0.2, -0.15) is 0 Å². The fraction of sp³-hybridized carbons (Fsp3) is 0.714. The minimum atomic E-state index is -3.61. The van der Waals surface area contributed by atoms with Crippen LogP contribution in [0.25, 0.3) is 0 Å². The standard InChI is InChI=1S/C14H26N2O4S/c1-11(10-19-5)8-16-21(17,18)13-7-6-12(20-13)9-15-14(2,3)4/h6-7,11,15-16H,8-10H2,1-5H3. The second-order valence-corrected chi connectivity index (χ2v) is 7.93. The molecule has 0 aromatic carbocycles. The van der Waals surface area contributed by atoms with Gasteiger partial charge in [-0.3, -0.25) is 0 Å². The van der Waals surface area contributed by atoms with E-state index in [0.29, 0.717) is 25.5 Å². The number of nitrogens with one attached hydrogen (secondary N) is 2. The molecule has 1 rings (SSSR count). The van der Waals surface area contributed by atoms with E-state index >= 15 is 0 Å². The van der Waals surface area contributed by atoms with E-state index in [2.05, 4.69) is 10.0 Å². The lowest BCUT2D eigenvalue weighted by atomic mass is 10.1. The van der Waals surface area contributed by atoms with Crippen molar-refractivity contribution >= 4 is 10.0 Å². The van der Waals surface area contributed by atoms with Gasteiger partial charge in [0.05, 0.1) is 6.54 Å². The third-order valence-corrected chi connectivity index (χ3v) is 4.06. The van der Waals surface area contributed by atoms with Gasteiger partial charge in [0.15, 0.2) is 0 Å². The number of methoxy groups -OCH3 is 1. The Morgan fingerprint density at radius 3 is 2.57 bits per heavy atom. The summed E-state index contributed by atoms with van der Waals surface area (Å²) in [4.78, 5) is 0. The van der Waals surface area contributed by atoms with Crippen molar-refractivity contribution < 1.29 is 17.6 Å². The zero-order valence-electron chi connectivity index (χ0n) is 13.4. The number of furan rings is 1. The Kier molecular flexibility index (Phi) is 6.40. The van der Waals surface area contributed by atoms with Crippen molar-refractivity contribution in [3.63, 3.8) is 0 Å². The van der Waals surface area contributed by atoms with E-state index in [1.807, 2.05) is 27.7 Å². The zero-order chi connectivity index (χ0) is 16.1. The first-order valence-electron chi connectivity index (χ1n) is 6.96. The molecule has 1 aromatic rings. The van der Waals surface area contributed by atoms with Gasteiger partial charge < -0.3 is 14.5 Å².